The highest BCUT2D eigenvalue weighted by atomic mass is 16.2. The van der Waals surface area contributed by atoms with Gasteiger partial charge in [-0.25, -0.2) is 9.48 Å². The lowest BCUT2D eigenvalue weighted by atomic mass is 10.6. The molecular weight excluding hydrogens is 194 g/mol. The minimum atomic E-state index is -0.0837. The number of aryl methyl sites for hydroxylation is 3. The summed E-state index contributed by atoms with van der Waals surface area (Å²) in [6, 6.07) is 1.85. The normalized spacial score (nSPS) is 10.8. The largest absolute Gasteiger partial charge is 0.345 e. The van der Waals surface area contributed by atoms with Crippen LogP contribution in [-0.4, -0.2) is 24.1 Å². The Morgan fingerprint density at radius 1 is 1.40 bits per heavy atom. The third-order valence-electron chi connectivity index (χ3n) is 2.36. The maximum Gasteiger partial charge on any atom is 0.345 e. The van der Waals surface area contributed by atoms with E-state index in [-0.39, 0.29) is 5.69 Å². The molecule has 2 aromatic heterocycles. The summed E-state index contributed by atoms with van der Waals surface area (Å²) in [7, 11) is 1.72. The second kappa shape index (κ2) is 3.72. The molecule has 6 heteroatoms. The van der Waals surface area contributed by atoms with E-state index >= 15 is 0 Å². The van der Waals surface area contributed by atoms with Gasteiger partial charge in [0.2, 0.25) is 0 Å². The van der Waals surface area contributed by atoms with E-state index in [2.05, 4.69) is 10.2 Å². The standard InChI is InChI=1S/C9H13N5O/c1-8-11-14(9(15)12(8)2)7-6-13-5-3-4-10-13/h3-5H,6-7H2,1-2H3. The molecular formula is C9H13N5O. The highest BCUT2D eigenvalue weighted by molar-refractivity contribution is 4.82. The quantitative estimate of drug-likeness (QED) is 0.699. The van der Waals surface area contributed by atoms with Gasteiger partial charge in [-0.05, 0) is 13.0 Å². The van der Waals surface area contributed by atoms with Crippen LogP contribution in [0.25, 0.3) is 0 Å². The molecule has 80 valence electrons. The second-order valence-electron chi connectivity index (χ2n) is 3.38. The molecule has 0 saturated heterocycles. The number of nitrogens with zero attached hydrogens (tertiary/aromatic N) is 5. The van der Waals surface area contributed by atoms with Crippen molar-refractivity contribution in [3.63, 3.8) is 0 Å². The number of hydrogen-bond acceptors (Lipinski definition) is 3. The van der Waals surface area contributed by atoms with E-state index in [1.807, 2.05) is 19.2 Å². The van der Waals surface area contributed by atoms with Gasteiger partial charge in [-0.2, -0.15) is 10.2 Å². The summed E-state index contributed by atoms with van der Waals surface area (Å²) in [6.45, 7) is 3.01. The predicted octanol–water partition coefficient (Wildman–Crippen LogP) is -0.213. The highest BCUT2D eigenvalue weighted by Crippen LogP contribution is 1.89. The lowest BCUT2D eigenvalue weighted by Gasteiger charge is -1.99. The third kappa shape index (κ3) is 1.83. The molecule has 15 heavy (non-hydrogen) atoms. The molecule has 0 spiro atoms. The first-order chi connectivity index (χ1) is 7.18. The van der Waals surface area contributed by atoms with Crippen LogP contribution in [-0.2, 0) is 20.1 Å². The molecule has 0 aliphatic heterocycles. The molecule has 0 saturated carbocycles. The van der Waals surface area contributed by atoms with Crippen molar-refractivity contribution in [3.05, 3.63) is 34.8 Å². The smallest absolute Gasteiger partial charge is 0.282 e. The van der Waals surface area contributed by atoms with Gasteiger partial charge in [0.15, 0.2) is 0 Å². The van der Waals surface area contributed by atoms with E-state index in [1.165, 1.54) is 9.25 Å². The first kappa shape index (κ1) is 9.70. The van der Waals surface area contributed by atoms with Gasteiger partial charge in [0.25, 0.3) is 0 Å². The summed E-state index contributed by atoms with van der Waals surface area (Å²) >= 11 is 0. The number of hydrogen-bond donors (Lipinski definition) is 0. The van der Waals surface area contributed by atoms with Crippen LogP contribution < -0.4 is 5.69 Å². The molecule has 0 amide bonds. The average Bonchev–Trinajstić information content (AvgIpc) is 2.80. The molecule has 0 unspecified atom stereocenters. The van der Waals surface area contributed by atoms with Gasteiger partial charge in [0.1, 0.15) is 5.82 Å². The van der Waals surface area contributed by atoms with Gasteiger partial charge in [0, 0.05) is 19.4 Å². The summed E-state index contributed by atoms with van der Waals surface area (Å²) in [6.07, 6.45) is 3.58. The Hall–Kier alpha value is -1.85. The Kier molecular flexibility index (Phi) is 2.40. The fraction of sp³-hybridized carbons (Fsp3) is 0.444. The van der Waals surface area contributed by atoms with Crippen molar-refractivity contribution in [1.82, 2.24) is 24.1 Å². The van der Waals surface area contributed by atoms with E-state index in [0.29, 0.717) is 13.1 Å². The van der Waals surface area contributed by atoms with Crippen molar-refractivity contribution in [3.8, 4) is 0 Å². The summed E-state index contributed by atoms with van der Waals surface area (Å²) in [5.41, 5.74) is -0.0837. The molecule has 0 aliphatic rings. The van der Waals surface area contributed by atoms with Gasteiger partial charge < -0.3 is 0 Å². The van der Waals surface area contributed by atoms with Gasteiger partial charge in [-0.3, -0.25) is 9.25 Å². The van der Waals surface area contributed by atoms with Crippen LogP contribution in [0.1, 0.15) is 5.82 Å². The molecule has 0 atom stereocenters. The first-order valence-corrected chi connectivity index (χ1v) is 4.76. The molecule has 2 aromatic rings. The van der Waals surface area contributed by atoms with Crippen LogP contribution in [0.3, 0.4) is 0 Å². The highest BCUT2D eigenvalue weighted by Gasteiger charge is 2.05. The Morgan fingerprint density at radius 2 is 2.20 bits per heavy atom. The Labute approximate surface area is 86.8 Å². The maximum atomic E-state index is 11.6. The summed E-state index contributed by atoms with van der Waals surface area (Å²) in [4.78, 5) is 11.6. The van der Waals surface area contributed by atoms with Crippen molar-refractivity contribution in [2.24, 2.45) is 7.05 Å². The van der Waals surface area contributed by atoms with Crippen LogP contribution in [0.15, 0.2) is 23.3 Å². The minimum Gasteiger partial charge on any atom is -0.282 e. The number of aromatic nitrogens is 5. The van der Waals surface area contributed by atoms with Crippen molar-refractivity contribution in [1.29, 1.82) is 0 Å². The molecule has 0 radical (unpaired) electrons. The maximum absolute atomic E-state index is 11.6. The fourth-order valence-electron chi connectivity index (χ4n) is 1.37. The Morgan fingerprint density at radius 3 is 2.73 bits per heavy atom. The zero-order valence-corrected chi connectivity index (χ0v) is 8.79. The third-order valence-corrected chi connectivity index (χ3v) is 2.36. The molecule has 0 N–H and O–H groups in total. The molecule has 0 fully saturated rings. The molecule has 0 aliphatic carbocycles. The molecule has 0 aromatic carbocycles. The second-order valence-corrected chi connectivity index (χ2v) is 3.38. The lowest BCUT2D eigenvalue weighted by molar-refractivity contribution is 0.485. The van der Waals surface area contributed by atoms with Gasteiger partial charge >= 0.3 is 5.69 Å². The molecule has 0 bridgehead atoms. The lowest BCUT2D eigenvalue weighted by Crippen LogP contribution is -2.25. The molecule has 2 heterocycles. The van der Waals surface area contributed by atoms with Crippen LogP contribution in [0, 0.1) is 6.92 Å². The SMILES string of the molecule is Cc1nn(CCn2cccn2)c(=O)n1C. The first-order valence-electron chi connectivity index (χ1n) is 4.76. The van der Waals surface area contributed by atoms with E-state index < -0.39 is 0 Å². The van der Waals surface area contributed by atoms with Crippen LogP contribution in [0.4, 0.5) is 0 Å². The minimum absolute atomic E-state index is 0.0837. The fourth-order valence-corrected chi connectivity index (χ4v) is 1.37. The number of rotatable bonds is 3. The zero-order valence-electron chi connectivity index (χ0n) is 8.79. The van der Waals surface area contributed by atoms with Gasteiger partial charge in [-0.1, -0.05) is 0 Å². The van der Waals surface area contributed by atoms with Crippen molar-refractivity contribution in [2.75, 3.05) is 0 Å². The van der Waals surface area contributed by atoms with E-state index in [0.717, 1.165) is 5.82 Å². The van der Waals surface area contributed by atoms with Crippen LogP contribution in [0.5, 0.6) is 0 Å². The topological polar surface area (TPSA) is 57.6 Å². The zero-order chi connectivity index (χ0) is 10.8. The van der Waals surface area contributed by atoms with Crippen molar-refractivity contribution >= 4 is 0 Å². The monoisotopic (exact) mass is 207 g/mol. The van der Waals surface area contributed by atoms with Gasteiger partial charge in [0.05, 0.1) is 13.1 Å². The molecule has 6 nitrogen and oxygen atoms in total. The Balaban J connectivity index is 2.12. The summed E-state index contributed by atoms with van der Waals surface area (Å²) < 4.78 is 4.76. The van der Waals surface area contributed by atoms with E-state index in [9.17, 15) is 4.79 Å². The predicted molar refractivity (Wildman–Crippen MR) is 54.4 cm³/mol. The van der Waals surface area contributed by atoms with Gasteiger partial charge in [-0.15, -0.1) is 0 Å². The summed E-state index contributed by atoms with van der Waals surface area (Å²) in [5.74, 6) is 0.723. The van der Waals surface area contributed by atoms with Crippen LogP contribution in [0.2, 0.25) is 0 Å². The van der Waals surface area contributed by atoms with Crippen LogP contribution >= 0.6 is 0 Å². The molecule has 2 rings (SSSR count). The van der Waals surface area contributed by atoms with E-state index in [4.69, 9.17) is 0 Å². The van der Waals surface area contributed by atoms with Crippen molar-refractivity contribution < 1.29 is 0 Å². The average molecular weight is 207 g/mol. The Bertz CT molecular complexity index is 493. The van der Waals surface area contributed by atoms with Crippen molar-refractivity contribution in [2.45, 2.75) is 20.0 Å². The summed E-state index contributed by atoms with van der Waals surface area (Å²) in [5, 5.41) is 8.19. The van der Waals surface area contributed by atoms with E-state index in [1.54, 1.807) is 17.9 Å².